The van der Waals surface area contributed by atoms with Crippen molar-refractivity contribution in [1.82, 2.24) is 30.7 Å². The second kappa shape index (κ2) is 6.28. The molecule has 8 heteroatoms. The summed E-state index contributed by atoms with van der Waals surface area (Å²) in [6, 6.07) is 0.124. The molecule has 1 aromatic rings. The van der Waals surface area contributed by atoms with E-state index in [4.69, 9.17) is 0 Å². The molecule has 0 aliphatic carbocycles. The molecule has 2 rings (SSSR count). The van der Waals surface area contributed by atoms with E-state index in [2.05, 4.69) is 30.7 Å². The largest absolute Gasteiger partial charge is 0.358 e. The number of rotatable bonds is 4. The van der Waals surface area contributed by atoms with Crippen molar-refractivity contribution in [2.75, 3.05) is 26.7 Å². The van der Waals surface area contributed by atoms with Crippen molar-refractivity contribution in [2.24, 2.45) is 0 Å². The van der Waals surface area contributed by atoms with E-state index < -0.39 is 0 Å². The van der Waals surface area contributed by atoms with Gasteiger partial charge < -0.3 is 10.6 Å². The second-order valence-electron chi connectivity index (χ2n) is 4.53. The summed E-state index contributed by atoms with van der Waals surface area (Å²) in [6.07, 6.45) is 2.97. The van der Waals surface area contributed by atoms with Gasteiger partial charge in [0, 0.05) is 26.2 Å². The summed E-state index contributed by atoms with van der Waals surface area (Å²) in [4.78, 5) is 28.9. The number of piperidine rings is 1. The Morgan fingerprint density at radius 3 is 2.79 bits per heavy atom. The zero-order valence-corrected chi connectivity index (χ0v) is 10.8. The third-order valence-corrected chi connectivity index (χ3v) is 3.20. The van der Waals surface area contributed by atoms with Crippen LogP contribution >= 0.6 is 0 Å². The van der Waals surface area contributed by atoms with Gasteiger partial charge in [-0.05, 0) is 12.8 Å². The van der Waals surface area contributed by atoms with Gasteiger partial charge >= 0.3 is 0 Å². The summed E-state index contributed by atoms with van der Waals surface area (Å²) in [6.45, 7) is 2.02. The fraction of sp³-hybridized carbons (Fsp3) is 0.636. The molecule has 19 heavy (non-hydrogen) atoms. The van der Waals surface area contributed by atoms with Crippen LogP contribution in [-0.2, 0) is 4.79 Å². The van der Waals surface area contributed by atoms with Crippen LogP contribution in [0.4, 0.5) is 0 Å². The van der Waals surface area contributed by atoms with Crippen molar-refractivity contribution < 1.29 is 9.59 Å². The number of H-pyrrole nitrogens is 1. The van der Waals surface area contributed by atoms with Gasteiger partial charge in [-0.25, -0.2) is 4.98 Å². The number of hydrogen-bond acceptors (Lipinski definition) is 5. The Labute approximate surface area is 111 Å². The third kappa shape index (κ3) is 3.75. The standard InChI is InChI=1S/C11H18N6O2/c1-12-9(18)6-17-4-2-8(3-5-17)15-11(19)10-13-7-14-16-10/h7-8H,2-6H2,1H3,(H,12,18)(H,15,19)(H,13,14,16). The van der Waals surface area contributed by atoms with Crippen LogP contribution in [0.1, 0.15) is 23.5 Å². The van der Waals surface area contributed by atoms with Crippen molar-refractivity contribution in [1.29, 1.82) is 0 Å². The maximum atomic E-state index is 11.8. The predicted molar refractivity (Wildman–Crippen MR) is 67.4 cm³/mol. The van der Waals surface area contributed by atoms with Crippen LogP contribution in [0.15, 0.2) is 6.33 Å². The molecule has 1 fully saturated rings. The van der Waals surface area contributed by atoms with Gasteiger partial charge in [-0.1, -0.05) is 0 Å². The number of likely N-dealkylation sites (tertiary alicyclic amines) is 1. The molecular weight excluding hydrogens is 248 g/mol. The number of nitrogens with zero attached hydrogens (tertiary/aromatic N) is 3. The Kier molecular flexibility index (Phi) is 4.45. The number of aromatic nitrogens is 3. The van der Waals surface area contributed by atoms with Crippen LogP contribution in [0.2, 0.25) is 0 Å². The molecule has 104 valence electrons. The van der Waals surface area contributed by atoms with E-state index in [-0.39, 0.29) is 23.7 Å². The highest BCUT2D eigenvalue weighted by molar-refractivity contribution is 5.90. The van der Waals surface area contributed by atoms with E-state index >= 15 is 0 Å². The maximum Gasteiger partial charge on any atom is 0.288 e. The molecule has 2 amide bonds. The first-order valence-corrected chi connectivity index (χ1v) is 6.28. The number of amides is 2. The molecule has 8 nitrogen and oxygen atoms in total. The molecule has 0 saturated carbocycles. The monoisotopic (exact) mass is 266 g/mol. The van der Waals surface area contributed by atoms with Crippen LogP contribution in [0.25, 0.3) is 0 Å². The summed E-state index contributed by atoms with van der Waals surface area (Å²) in [5, 5.41) is 11.7. The van der Waals surface area contributed by atoms with Crippen LogP contribution in [-0.4, -0.2) is 64.6 Å². The van der Waals surface area contributed by atoms with Gasteiger partial charge in [0.25, 0.3) is 5.91 Å². The number of aromatic amines is 1. The Balaban J connectivity index is 1.74. The number of carbonyl (C=O) groups excluding carboxylic acids is 2. The molecule has 0 aromatic carbocycles. The summed E-state index contributed by atoms with van der Waals surface area (Å²) in [5.74, 6) is 0.0131. The highest BCUT2D eigenvalue weighted by Gasteiger charge is 2.22. The molecule has 1 aliphatic rings. The average molecular weight is 266 g/mol. The van der Waals surface area contributed by atoms with Gasteiger partial charge in [0.15, 0.2) is 0 Å². The molecule has 0 radical (unpaired) electrons. The van der Waals surface area contributed by atoms with Crippen molar-refractivity contribution in [3.8, 4) is 0 Å². The minimum atomic E-state index is -0.234. The van der Waals surface area contributed by atoms with Gasteiger partial charge in [0.1, 0.15) is 6.33 Å². The van der Waals surface area contributed by atoms with Crippen molar-refractivity contribution in [3.63, 3.8) is 0 Å². The third-order valence-electron chi connectivity index (χ3n) is 3.20. The molecule has 0 bridgehead atoms. The van der Waals surface area contributed by atoms with Crippen LogP contribution in [0.3, 0.4) is 0 Å². The fourth-order valence-corrected chi connectivity index (χ4v) is 2.09. The van der Waals surface area contributed by atoms with E-state index in [1.165, 1.54) is 6.33 Å². The minimum Gasteiger partial charge on any atom is -0.358 e. The molecule has 3 N–H and O–H groups in total. The number of hydrogen-bond donors (Lipinski definition) is 3. The van der Waals surface area contributed by atoms with Gasteiger partial charge in [-0.2, -0.15) is 5.10 Å². The summed E-state index contributed by atoms with van der Waals surface area (Å²) in [5.41, 5.74) is 0. The van der Waals surface area contributed by atoms with Gasteiger partial charge in [-0.15, -0.1) is 0 Å². The lowest BCUT2D eigenvalue weighted by Crippen LogP contribution is -2.47. The minimum absolute atomic E-state index is 0.0177. The fourth-order valence-electron chi connectivity index (χ4n) is 2.09. The Bertz CT molecular complexity index is 424. The predicted octanol–water partition coefficient (Wildman–Crippen LogP) is -1.26. The lowest BCUT2D eigenvalue weighted by molar-refractivity contribution is -0.122. The second-order valence-corrected chi connectivity index (χ2v) is 4.53. The Morgan fingerprint density at radius 1 is 1.47 bits per heavy atom. The lowest BCUT2D eigenvalue weighted by atomic mass is 10.0. The number of carbonyl (C=O) groups is 2. The number of nitrogens with one attached hydrogen (secondary N) is 3. The van der Waals surface area contributed by atoms with E-state index in [9.17, 15) is 9.59 Å². The lowest BCUT2D eigenvalue weighted by Gasteiger charge is -2.31. The van der Waals surface area contributed by atoms with E-state index in [1.807, 2.05) is 0 Å². The van der Waals surface area contributed by atoms with Crippen LogP contribution < -0.4 is 10.6 Å². The molecule has 1 saturated heterocycles. The van der Waals surface area contributed by atoms with Crippen molar-refractivity contribution in [2.45, 2.75) is 18.9 Å². The van der Waals surface area contributed by atoms with E-state index in [0.29, 0.717) is 6.54 Å². The Morgan fingerprint density at radius 2 is 2.21 bits per heavy atom. The molecule has 0 atom stereocenters. The average Bonchev–Trinajstić information content (AvgIpc) is 2.95. The van der Waals surface area contributed by atoms with Crippen LogP contribution in [0.5, 0.6) is 0 Å². The van der Waals surface area contributed by atoms with Gasteiger partial charge in [0.05, 0.1) is 6.54 Å². The molecule has 2 heterocycles. The van der Waals surface area contributed by atoms with Crippen molar-refractivity contribution in [3.05, 3.63) is 12.2 Å². The Hall–Kier alpha value is -1.96. The summed E-state index contributed by atoms with van der Waals surface area (Å²) in [7, 11) is 1.63. The molecule has 0 spiro atoms. The van der Waals surface area contributed by atoms with E-state index in [0.717, 1.165) is 25.9 Å². The smallest absolute Gasteiger partial charge is 0.288 e. The molecule has 1 aromatic heterocycles. The SMILES string of the molecule is CNC(=O)CN1CCC(NC(=O)c2ncn[nH]2)CC1. The van der Waals surface area contributed by atoms with Crippen molar-refractivity contribution >= 4 is 11.8 Å². The first kappa shape index (κ1) is 13.5. The van der Waals surface area contributed by atoms with Crippen LogP contribution in [0, 0.1) is 0 Å². The first-order chi connectivity index (χ1) is 9.19. The zero-order chi connectivity index (χ0) is 13.7. The molecule has 0 unspecified atom stereocenters. The highest BCUT2D eigenvalue weighted by atomic mass is 16.2. The van der Waals surface area contributed by atoms with E-state index in [1.54, 1.807) is 7.05 Å². The summed E-state index contributed by atoms with van der Waals surface area (Å²) < 4.78 is 0. The quantitative estimate of drug-likeness (QED) is 0.631. The zero-order valence-electron chi connectivity index (χ0n) is 10.8. The topological polar surface area (TPSA) is 103 Å². The highest BCUT2D eigenvalue weighted by Crippen LogP contribution is 2.10. The molecule has 1 aliphatic heterocycles. The first-order valence-electron chi connectivity index (χ1n) is 6.28. The van der Waals surface area contributed by atoms with Gasteiger partial charge in [-0.3, -0.25) is 19.6 Å². The normalized spacial score (nSPS) is 17.1. The number of likely N-dealkylation sites (N-methyl/N-ethyl adjacent to an activating group) is 1. The maximum absolute atomic E-state index is 11.8. The van der Waals surface area contributed by atoms with Gasteiger partial charge in [0.2, 0.25) is 11.7 Å². The molecular formula is C11H18N6O2. The summed E-state index contributed by atoms with van der Waals surface area (Å²) >= 11 is 0.